The number of thioether (sulfide) groups is 1. The molecule has 0 aliphatic heterocycles. The predicted octanol–water partition coefficient (Wildman–Crippen LogP) is 2.84. The van der Waals surface area contributed by atoms with Gasteiger partial charge < -0.3 is 14.7 Å². The first-order valence-corrected chi connectivity index (χ1v) is 8.09. The Morgan fingerprint density at radius 2 is 1.85 bits per heavy atom. The summed E-state index contributed by atoms with van der Waals surface area (Å²) < 4.78 is 5.57. The highest BCUT2D eigenvalue weighted by atomic mass is 32.2. The molecule has 5 heteroatoms. The van der Waals surface area contributed by atoms with Crippen LogP contribution < -0.4 is 4.74 Å². The van der Waals surface area contributed by atoms with Gasteiger partial charge in [0.15, 0.2) is 0 Å². The Kier molecular flexibility index (Phi) is 8.14. The summed E-state index contributed by atoms with van der Waals surface area (Å²) in [7, 11) is 0. The van der Waals surface area contributed by atoms with Crippen LogP contribution in [0.4, 0.5) is 0 Å². The second-order valence-corrected chi connectivity index (χ2v) is 5.54. The molecular weight excluding hydrogens is 274 g/mol. The maximum atomic E-state index is 10.7. The van der Waals surface area contributed by atoms with E-state index < -0.39 is 5.97 Å². The molecule has 0 spiro atoms. The van der Waals surface area contributed by atoms with E-state index in [4.69, 9.17) is 9.84 Å². The van der Waals surface area contributed by atoms with Gasteiger partial charge in [0.1, 0.15) is 5.75 Å². The lowest BCUT2D eigenvalue weighted by atomic mass is 10.2. The highest BCUT2D eigenvalue weighted by Gasteiger charge is 2.02. The Labute approximate surface area is 125 Å². The fourth-order valence-electron chi connectivity index (χ4n) is 1.75. The predicted molar refractivity (Wildman–Crippen MR) is 84.0 cm³/mol. The van der Waals surface area contributed by atoms with Gasteiger partial charge in [-0.15, -0.1) is 0 Å². The molecule has 1 aromatic rings. The van der Waals surface area contributed by atoms with Gasteiger partial charge in [0.2, 0.25) is 0 Å². The summed E-state index contributed by atoms with van der Waals surface area (Å²) in [6, 6.07) is 6.52. The Morgan fingerprint density at radius 3 is 2.40 bits per heavy atom. The number of rotatable bonds is 10. The molecule has 0 fully saturated rings. The standard InChI is InChI=1S/C15H23NO3S/c1-3-16(4-2)9-11-20-12-10-19-14-7-5-13(6-8-14)15(17)18/h5-8H,3-4,9-12H2,1-2H3,(H,17,18). The molecule has 0 saturated carbocycles. The van der Waals surface area contributed by atoms with Gasteiger partial charge in [-0.2, -0.15) is 11.8 Å². The van der Waals surface area contributed by atoms with E-state index in [0.29, 0.717) is 6.61 Å². The summed E-state index contributed by atoms with van der Waals surface area (Å²) in [6.07, 6.45) is 0. The van der Waals surface area contributed by atoms with Crippen molar-refractivity contribution in [2.75, 3.05) is 37.7 Å². The first-order chi connectivity index (χ1) is 9.67. The van der Waals surface area contributed by atoms with Crippen molar-refractivity contribution in [3.05, 3.63) is 29.8 Å². The maximum Gasteiger partial charge on any atom is 0.335 e. The smallest absolute Gasteiger partial charge is 0.335 e. The zero-order valence-corrected chi connectivity index (χ0v) is 13.0. The van der Waals surface area contributed by atoms with E-state index in [0.717, 1.165) is 36.9 Å². The monoisotopic (exact) mass is 297 g/mol. The maximum absolute atomic E-state index is 10.7. The first-order valence-electron chi connectivity index (χ1n) is 6.93. The van der Waals surface area contributed by atoms with E-state index in [1.165, 1.54) is 0 Å². The Bertz CT molecular complexity index is 391. The van der Waals surface area contributed by atoms with E-state index in [1.54, 1.807) is 24.3 Å². The molecule has 1 aromatic carbocycles. The molecule has 4 nitrogen and oxygen atoms in total. The molecule has 0 aliphatic rings. The second kappa shape index (κ2) is 9.66. The molecule has 0 bridgehead atoms. The highest BCUT2D eigenvalue weighted by Crippen LogP contribution is 2.12. The summed E-state index contributed by atoms with van der Waals surface area (Å²) in [5.74, 6) is 1.87. The van der Waals surface area contributed by atoms with Crippen LogP contribution in [0.25, 0.3) is 0 Å². The van der Waals surface area contributed by atoms with Crippen molar-refractivity contribution in [2.45, 2.75) is 13.8 Å². The molecule has 0 amide bonds. The third-order valence-electron chi connectivity index (χ3n) is 3.04. The second-order valence-electron chi connectivity index (χ2n) is 4.32. The molecule has 0 aliphatic carbocycles. The van der Waals surface area contributed by atoms with E-state index in [1.807, 2.05) is 11.8 Å². The van der Waals surface area contributed by atoms with Crippen molar-refractivity contribution in [3.8, 4) is 5.75 Å². The van der Waals surface area contributed by atoms with Gasteiger partial charge in [0.25, 0.3) is 0 Å². The largest absolute Gasteiger partial charge is 0.493 e. The average Bonchev–Trinajstić information content (AvgIpc) is 2.47. The number of ether oxygens (including phenoxy) is 1. The van der Waals surface area contributed by atoms with Gasteiger partial charge in [-0.1, -0.05) is 13.8 Å². The number of carbonyl (C=O) groups is 1. The Hall–Kier alpha value is -1.20. The molecule has 0 heterocycles. The summed E-state index contributed by atoms with van der Waals surface area (Å²) in [4.78, 5) is 13.1. The minimum atomic E-state index is -0.913. The zero-order chi connectivity index (χ0) is 14.8. The molecule has 0 aromatic heterocycles. The van der Waals surface area contributed by atoms with Crippen LogP contribution in [0.1, 0.15) is 24.2 Å². The van der Waals surface area contributed by atoms with Gasteiger partial charge in [0, 0.05) is 18.1 Å². The summed E-state index contributed by atoms with van der Waals surface area (Å²) in [6.45, 7) is 8.32. The molecule has 1 rings (SSSR count). The summed E-state index contributed by atoms with van der Waals surface area (Å²) in [5.41, 5.74) is 0.283. The van der Waals surface area contributed by atoms with Crippen molar-refractivity contribution in [3.63, 3.8) is 0 Å². The molecule has 0 unspecified atom stereocenters. The van der Waals surface area contributed by atoms with Crippen molar-refractivity contribution in [2.24, 2.45) is 0 Å². The van der Waals surface area contributed by atoms with Crippen LogP contribution in [0.15, 0.2) is 24.3 Å². The number of aromatic carboxylic acids is 1. The Balaban J connectivity index is 2.13. The highest BCUT2D eigenvalue weighted by molar-refractivity contribution is 7.99. The topological polar surface area (TPSA) is 49.8 Å². The van der Waals surface area contributed by atoms with Crippen LogP contribution in [0.3, 0.4) is 0 Å². The molecule has 1 N–H and O–H groups in total. The van der Waals surface area contributed by atoms with E-state index in [2.05, 4.69) is 18.7 Å². The van der Waals surface area contributed by atoms with Crippen molar-refractivity contribution in [1.82, 2.24) is 4.90 Å². The third kappa shape index (κ3) is 6.30. The molecule has 0 atom stereocenters. The van der Waals surface area contributed by atoms with Crippen LogP contribution in [-0.4, -0.2) is 53.7 Å². The molecule has 20 heavy (non-hydrogen) atoms. The first kappa shape index (κ1) is 16.9. The van der Waals surface area contributed by atoms with Crippen LogP contribution in [-0.2, 0) is 0 Å². The van der Waals surface area contributed by atoms with Crippen molar-refractivity contribution >= 4 is 17.7 Å². The number of carboxylic acid groups (broad SMARTS) is 1. The van der Waals surface area contributed by atoms with E-state index in [-0.39, 0.29) is 5.56 Å². The van der Waals surface area contributed by atoms with Crippen molar-refractivity contribution < 1.29 is 14.6 Å². The summed E-state index contributed by atoms with van der Waals surface area (Å²) in [5, 5.41) is 8.79. The zero-order valence-electron chi connectivity index (χ0n) is 12.2. The van der Waals surface area contributed by atoms with Crippen molar-refractivity contribution in [1.29, 1.82) is 0 Å². The fraction of sp³-hybridized carbons (Fsp3) is 0.533. The van der Waals surface area contributed by atoms with Gasteiger partial charge in [-0.25, -0.2) is 4.79 Å². The lowest BCUT2D eigenvalue weighted by Gasteiger charge is -2.17. The van der Waals surface area contributed by atoms with E-state index in [9.17, 15) is 4.79 Å². The minimum Gasteiger partial charge on any atom is -0.493 e. The fourth-order valence-corrected chi connectivity index (χ4v) is 2.54. The number of hydrogen-bond donors (Lipinski definition) is 1. The number of benzene rings is 1. The number of nitrogens with zero attached hydrogens (tertiary/aromatic N) is 1. The quantitative estimate of drug-likeness (QED) is 0.673. The number of carboxylic acids is 1. The molecular formula is C15H23NO3S. The van der Waals surface area contributed by atoms with Crippen LogP contribution in [0.5, 0.6) is 5.75 Å². The normalized spacial score (nSPS) is 10.8. The third-order valence-corrected chi connectivity index (χ3v) is 3.97. The number of hydrogen-bond acceptors (Lipinski definition) is 4. The lowest BCUT2D eigenvalue weighted by molar-refractivity contribution is 0.0697. The van der Waals surface area contributed by atoms with Gasteiger partial charge in [-0.05, 0) is 37.4 Å². The SMILES string of the molecule is CCN(CC)CCSCCOc1ccc(C(=O)O)cc1. The lowest BCUT2D eigenvalue weighted by Crippen LogP contribution is -2.25. The molecule has 0 saturated heterocycles. The van der Waals surface area contributed by atoms with Crippen LogP contribution in [0, 0.1) is 0 Å². The van der Waals surface area contributed by atoms with Crippen LogP contribution in [0.2, 0.25) is 0 Å². The van der Waals surface area contributed by atoms with Gasteiger partial charge in [-0.3, -0.25) is 0 Å². The average molecular weight is 297 g/mol. The van der Waals surface area contributed by atoms with E-state index >= 15 is 0 Å². The van der Waals surface area contributed by atoms with Gasteiger partial charge in [0.05, 0.1) is 12.2 Å². The van der Waals surface area contributed by atoms with Crippen LogP contribution >= 0.6 is 11.8 Å². The minimum absolute atomic E-state index is 0.283. The molecule has 112 valence electrons. The summed E-state index contributed by atoms with van der Waals surface area (Å²) >= 11 is 1.88. The van der Waals surface area contributed by atoms with Gasteiger partial charge >= 0.3 is 5.97 Å². The molecule has 0 radical (unpaired) electrons. The Morgan fingerprint density at radius 1 is 1.20 bits per heavy atom.